The minimum absolute atomic E-state index is 0.170. The standard InChI is InChI=1S/C23H21N3O2/c1-15-10-16(2)12-18(11-15)26-23(27)19-13-25-20-4-3-5-21(22(19)20)28-14-17-6-8-24-9-7-17/h3-13,25H,14H2,1-2H3,(H,26,27). The fourth-order valence-electron chi connectivity index (χ4n) is 3.34. The first-order valence-electron chi connectivity index (χ1n) is 9.11. The molecule has 0 bridgehead atoms. The summed E-state index contributed by atoms with van der Waals surface area (Å²) in [5.41, 5.74) is 5.43. The average molecular weight is 371 g/mol. The predicted octanol–water partition coefficient (Wildman–Crippen LogP) is 5.01. The van der Waals surface area contributed by atoms with E-state index in [0.29, 0.717) is 17.9 Å². The topological polar surface area (TPSA) is 67.0 Å². The van der Waals surface area contributed by atoms with Crippen LogP contribution in [0.15, 0.2) is 67.1 Å². The van der Waals surface area contributed by atoms with Gasteiger partial charge in [-0.25, -0.2) is 0 Å². The SMILES string of the molecule is Cc1cc(C)cc(NC(=O)c2c[nH]c3cccc(OCc4ccncc4)c23)c1. The number of carbonyl (C=O) groups is 1. The van der Waals surface area contributed by atoms with Crippen LogP contribution in [0.1, 0.15) is 27.0 Å². The first-order chi connectivity index (χ1) is 13.6. The summed E-state index contributed by atoms with van der Waals surface area (Å²) >= 11 is 0. The second-order valence-corrected chi connectivity index (χ2v) is 6.86. The highest BCUT2D eigenvalue weighted by molar-refractivity contribution is 6.14. The molecule has 4 rings (SSSR count). The van der Waals surface area contributed by atoms with Crippen molar-refractivity contribution in [1.29, 1.82) is 0 Å². The third kappa shape index (κ3) is 3.74. The molecule has 0 aliphatic heterocycles. The van der Waals surface area contributed by atoms with E-state index in [1.54, 1.807) is 18.6 Å². The number of hydrogen-bond donors (Lipinski definition) is 2. The average Bonchev–Trinajstić information content (AvgIpc) is 3.11. The van der Waals surface area contributed by atoms with Gasteiger partial charge in [-0.1, -0.05) is 12.1 Å². The van der Waals surface area contributed by atoms with Crippen LogP contribution in [-0.2, 0) is 6.61 Å². The predicted molar refractivity (Wildman–Crippen MR) is 111 cm³/mol. The van der Waals surface area contributed by atoms with Gasteiger partial charge in [-0.05, 0) is 66.9 Å². The fourth-order valence-corrected chi connectivity index (χ4v) is 3.34. The number of aromatic nitrogens is 2. The van der Waals surface area contributed by atoms with Gasteiger partial charge in [0, 0.05) is 29.8 Å². The fraction of sp³-hybridized carbons (Fsp3) is 0.130. The molecule has 0 aliphatic carbocycles. The van der Waals surface area contributed by atoms with E-state index in [1.165, 1.54) is 0 Å². The Kier molecular flexibility index (Phi) is 4.81. The van der Waals surface area contributed by atoms with Gasteiger partial charge >= 0.3 is 0 Å². The molecule has 4 aromatic rings. The Morgan fingerprint density at radius 3 is 2.57 bits per heavy atom. The Labute approximate surface area is 163 Å². The largest absolute Gasteiger partial charge is 0.488 e. The van der Waals surface area contributed by atoms with Crippen LogP contribution in [0, 0.1) is 13.8 Å². The van der Waals surface area contributed by atoms with E-state index in [4.69, 9.17) is 4.74 Å². The monoisotopic (exact) mass is 371 g/mol. The Morgan fingerprint density at radius 1 is 1.07 bits per heavy atom. The number of pyridine rings is 1. The van der Waals surface area contributed by atoms with Crippen molar-refractivity contribution in [3.05, 3.63) is 89.4 Å². The summed E-state index contributed by atoms with van der Waals surface area (Å²) in [7, 11) is 0. The van der Waals surface area contributed by atoms with E-state index in [9.17, 15) is 4.79 Å². The minimum atomic E-state index is -0.170. The van der Waals surface area contributed by atoms with Crippen molar-refractivity contribution >= 4 is 22.5 Å². The van der Waals surface area contributed by atoms with E-state index in [-0.39, 0.29) is 5.91 Å². The quantitative estimate of drug-likeness (QED) is 0.518. The van der Waals surface area contributed by atoms with Gasteiger partial charge in [0.15, 0.2) is 0 Å². The van der Waals surface area contributed by atoms with Crippen molar-refractivity contribution in [2.24, 2.45) is 0 Å². The van der Waals surface area contributed by atoms with E-state index < -0.39 is 0 Å². The highest BCUT2D eigenvalue weighted by Gasteiger charge is 2.16. The zero-order valence-corrected chi connectivity index (χ0v) is 15.8. The van der Waals surface area contributed by atoms with E-state index in [0.717, 1.165) is 33.3 Å². The maximum atomic E-state index is 12.9. The summed E-state index contributed by atoms with van der Waals surface area (Å²) in [6, 6.07) is 15.5. The van der Waals surface area contributed by atoms with Crippen LogP contribution in [0.5, 0.6) is 5.75 Å². The van der Waals surface area contributed by atoms with E-state index in [1.807, 2.05) is 56.3 Å². The number of hydrogen-bond acceptors (Lipinski definition) is 3. The molecule has 2 aromatic carbocycles. The van der Waals surface area contributed by atoms with Crippen LogP contribution in [0.4, 0.5) is 5.69 Å². The van der Waals surface area contributed by atoms with Crippen molar-refractivity contribution in [2.75, 3.05) is 5.32 Å². The number of amides is 1. The lowest BCUT2D eigenvalue weighted by atomic mass is 10.1. The molecule has 0 radical (unpaired) electrons. The van der Waals surface area contributed by atoms with E-state index >= 15 is 0 Å². The lowest BCUT2D eigenvalue weighted by Gasteiger charge is -2.10. The van der Waals surface area contributed by atoms with Gasteiger partial charge in [0.25, 0.3) is 5.91 Å². The molecule has 140 valence electrons. The van der Waals surface area contributed by atoms with Gasteiger partial charge in [0.1, 0.15) is 12.4 Å². The number of fused-ring (bicyclic) bond motifs is 1. The number of carbonyl (C=O) groups excluding carboxylic acids is 1. The van der Waals surface area contributed by atoms with E-state index in [2.05, 4.69) is 21.4 Å². The summed E-state index contributed by atoms with van der Waals surface area (Å²) in [5, 5.41) is 3.77. The Morgan fingerprint density at radius 2 is 1.82 bits per heavy atom. The van der Waals surface area contributed by atoms with Gasteiger partial charge in [0.05, 0.1) is 10.9 Å². The number of aryl methyl sites for hydroxylation is 2. The molecule has 5 nitrogen and oxygen atoms in total. The molecule has 0 spiro atoms. The molecule has 0 fully saturated rings. The van der Waals surface area contributed by atoms with Crippen LogP contribution in [0.25, 0.3) is 10.9 Å². The normalized spacial score (nSPS) is 10.8. The lowest BCUT2D eigenvalue weighted by Crippen LogP contribution is -2.12. The lowest BCUT2D eigenvalue weighted by molar-refractivity contribution is 0.102. The number of nitrogens with one attached hydrogen (secondary N) is 2. The van der Waals surface area contributed by atoms with Crippen molar-refractivity contribution in [3.8, 4) is 5.75 Å². The third-order valence-corrected chi connectivity index (χ3v) is 4.54. The molecule has 5 heteroatoms. The minimum Gasteiger partial charge on any atom is -0.488 e. The molecule has 0 saturated carbocycles. The molecular weight excluding hydrogens is 350 g/mol. The molecule has 2 N–H and O–H groups in total. The smallest absolute Gasteiger partial charge is 0.257 e. The summed E-state index contributed by atoms with van der Waals surface area (Å²) in [5.74, 6) is 0.498. The van der Waals surface area contributed by atoms with Crippen molar-refractivity contribution in [1.82, 2.24) is 9.97 Å². The summed E-state index contributed by atoms with van der Waals surface area (Å²) in [6.07, 6.45) is 5.19. The molecule has 0 saturated heterocycles. The molecular formula is C23H21N3O2. The number of nitrogens with zero attached hydrogens (tertiary/aromatic N) is 1. The zero-order valence-electron chi connectivity index (χ0n) is 15.8. The highest BCUT2D eigenvalue weighted by atomic mass is 16.5. The highest BCUT2D eigenvalue weighted by Crippen LogP contribution is 2.30. The Hall–Kier alpha value is -3.60. The molecule has 0 aliphatic rings. The van der Waals surface area contributed by atoms with Gasteiger partial charge in [-0.2, -0.15) is 0 Å². The maximum Gasteiger partial charge on any atom is 0.257 e. The Balaban J connectivity index is 1.63. The summed E-state index contributed by atoms with van der Waals surface area (Å²) in [4.78, 5) is 20.1. The second kappa shape index (κ2) is 7.56. The summed E-state index contributed by atoms with van der Waals surface area (Å²) in [6.45, 7) is 4.43. The third-order valence-electron chi connectivity index (χ3n) is 4.54. The zero-order chi connectivity index (χ0) is 19.5. The molecule has 28 heavy (non-hydrogen) atoms. The van der Waals surface area contributed by atoms with Gasteiger partial charge in [-0.15, -0.1) is 0 Å². The van der Waals surface area contributed by atoms with Crippen LogP contribution in [0.2, 0.25) is 0 Å². The van der Waals surface area contributed by atoms with Gasteiger partial charge < -0.3 is 15.0 Å². The molecule has 0 unspecified atom stereocenters. The van der Waals surface area contributed by atoms with Crippen molar-refractivity contribution in [2.45, 2.75) is 20.5 Å². The number of aromatic amines is 1. The van der Waals surface area contributed by atoms with Crippen molar-refractivity contribution < 1.29 is 9.53 Å². The number of benzene rings is 2. The Bertz CT molecular complexity index is 1110. The van der Waals surface area contributed by atoms with Crippen LogP contribution >= 0.6 is 0 Å². The first kappa shape index (κ1) is 17.8. The van der Waals surface area contributed by atoms with Crippen LogP contribution < -0.4 is 10.1 Å². The molecule has 1 amide bonds. The molecule has 2 heterocycles. The van der Waals surface area contributed by atoms with Crippen molar-refractivity contribution in [3.63, 3.8) is 0 Å². The first-order valence-corrected chi connectivity index (χ1v) is 9.11. The second-order valence-electron chi connectivity index (χ2n) is 6.86. The molecule has 0 atom stereocenters. The van der Waals surface area contributed by atoms with Gasteiger partial charge in [0.2, 0.25) is 0 Å². The number of ether oxygens (including phenoxy) is 1. The number of anilines is 1. The van der Waals surface area contributed by atoms with Crippen LogP contribution in [-0.4, -0.2) is 15.9 Å². The number of H-pyrrole nitrogens is 1. The molecule has 2 aromatic heterocycles. The number of rotatable bonds is 5. The van der Waals surface area contributed by atoms with Crippen LogP contribution in [0.3, 0.4) is 0 Å². The maximum absolute atomic E-state index is 12.9. The summed E-state index contributed by atoms with van der Waals surface area (Å²) < 4.78 is 6.02. The van der Waals surface area contributed by atoms with Gasteiger partial charge in [-0.3, -0.25) is 9.78 Å².